The summed E-state index contributed by atoms with van der Waals surface area (Å²) < 4.78 is 1.95. The van der Waals surface area contributed by atoms with E-state index in [0.717, 1.165) is 31.2 Å². The Morgan fingerprint density at radius 3 is 3.16 bits per heavy atom. The van der Waals surface area contributed by atoms with Crippen LogP contribution in [-0.4, -0.2) is 41.3 Å². The summed E-state index contributed by atoms with van der Waals surface area (Å²) in [4.78, 5) is 6.75. The van der Waals surface area contributed by atoms with Crippen molar-refractivity contribution in [3.8, 4) is 0 Å². The monoisotopic (exact) mass is 259 g/mol. The van der Waals surface area contributed by atoms with E-state index in [-0.39, 0.29) is 0 Å². The molecule has 0 spiro atoms. The highest BCUT2D eigenvalue weighted by Crippen LogP contribution is 2.24. The van der Waals surface area contributed by atoms with Crippen molar-refractivity contribution >= 4 is 11.5 Å². The number of fused-ring (bicyclic) bond motifs is 1. The zero-order chi connectivity index (χ0) is 13.2. The molecule has 1 saturated heterocycles. The van der Waals surface area contributed by atoms with E-state index in [4.69, 9.17) is 0 Å². The summed E-state index contributed by atoms with van der Waals surface area (Å²) in [7, 11) is 2.03. The molecule has 0 amide bonds. The summed E-state index contributed by atoms with van der Waals surface area (Å²) in [6, 6.07) is 4.29. The number of aryl methyl sites for hydroxylation is 1. The second kappa shape index (κ2) is 5.17. The van der Waals surface area contributed by atoms with Crippen molar-refractivity contribution in [1.82, 2.24) is 19.9 Å². The number of piperidine rings is 1. The SMILES string of the molecule is CNCC1CCCN(c2cc(C)cc3ncnn23)C1. The zero-order valence-electron chi connectivity index (χ0n) is 11.6. The third-order valence-electron chi connectivity index (χ3n) is 3.84. The highest BCUT2D eigenvalue weighted by atomic mass is 15.4. The molecule has 0 aliphatic carbocycles. The quantitative estimate of drug-likeness (QED) is 0.907. The molecule has 1 aliphatic rings. The number of rotatable bonds is 3. The zero-order valence-corrected chi connectivity index (χ0v) is 11.6. The highest BCUT2D eigenvalue weighted by molar-refractivity contribution is 5.53. The van der Waals surface area contributed by atoms with Crippen LogP contribution in [0.1, 0.15) is 18.4 Å². The van der Waals surface area contributed by atoms with Gasteiger partial charge in [0.15, 0.2) is 5.65 Å². The van der Waals surface area contributed by atoms with Gasteiger partial charge in [-0.05, 0) is 57.0 Å². The fourth-order valence-corrected chi connectivity index (χ4v) is 2.99. The fourth-order valence-electron chi connectivity index (χ4n) is 2.99. The highest BCUT2D eigenvalue weighted by Gasteiger charge is 2.21. The van der Waals surface area contributed by atoms with E-state index < -0.39 is 0 Å². The Hall–Kier alpha value is -1.62. The molecular formula is C14H21N5. The van der Waals surface area contributed by atoms with E-state index in [1.807, 2.05) is 11.6 Å². The number of aromatic nitrogens is 3. The van der Waals surface area contributed by atoms with Crippen LogP contribution >= 0.6 is 0 Å². The van der Waals surface area contributed by atoms with Gasteiger partial charge in [-0.3, -0.25) is 0 Å². The molecule has 0 bridgehead atoms. The average Bonchev–Trinajstić information content (AvgIpc) is 2.86. The molecular weight excluding hydrogens is 238 g/mol. The van der Waals surface area contributed by atoms with Gasteiger partial charge in [0.05, 0.1) is 0 Å². The van der Waals surface area contributed by atoms with Crippen molar-refractivity contribution in [3.05, 3.63) is 24.0 Å². The Morgan fingerprint density at radius 2 is 2.32 bits per heavy atom. The van der Waals surface area contributed by atoms with Gasteiger partial charge in [-0.2, -0.15) is 9.61 Å². The summed E-state index contributed by atoms with van der Waals surface area (Å²) in [6.07, 6.45) is 4.19. The molecule has 1 N–H and O–H groups in total. The van der Waals surface area contributed by atoms with E-state index in [2.05, 4.69) is 39.4 Å². The van der Waals surface area contributed by atoms with Crippen LogP contribution in [-0.2, 0) is 0 Å². The molecule has 1 aliphatic heterocycles. The third-order valence-corrected chi connectivity index (χ3v) is 3.84. The van der Waals surface area contributed by atoms with E-state index in [0.29, 0.717) is 0 Å². The molecule has 1 atom stereocenters. The molecule has 5 heteroatoms. The molecule has 0 saturated carbocycles. The second-order valence-electron chi connectivity index (χ2n) is 5.43. The standard InChI is InChI=1S/C14H21N5/c1-11-6-13-16-10-17-19(13)14(7-11)18-5-3-4-12(9-18)8-15-2/h6-7,10,12,15H,3-5,8-9H2,1-2H3. The Balaban J connectivity index is 1.92. The fraction of sp³-hybridized carbons (Fsp3) is 0.571. The second-order valence-corrected chi connectivity index (χ2v) is 5.43. The first-order chi connectivity index (χ1) is 9.28. The summed E-state index contributed by atoms with van der Waals surface area (Å²) in [6.45, 7) is 5.41. The normalized spacial score (nSPS) is 20.1. The molecule has 3 rings (SSSR count). The first-order valence-electron chi connectivity index (χ1n) is 6.98. The summed E-state index contributed by atoms with van der Waals surface area (Å²) in [5.74, 6) is 1.89. The van der Waals surface area contributed by atoms with Gasteiger partial charge in [-0.15, -0.1) is 0 Å². The van der Waals surface area contributed by atoms with Crippen LogP contribution in [0.2, 0.25) is 0 Å². The van der Waals surface area contributed by atoms with Crippen molar-refractivity contribution < 1.29 is 0 Å². The van der Waals surface area contributed by atoms with Crippen molar-refractivity contribution in [1.29, 1.82) is 0 Å². The van der Waals surface area contributed by atoms with Crippen LogP contribution in [0, 0.1) is 12.8 Å². The van der Waals surface area contributed by atoms with Crippen molar-refractivity contribution in [2.24, 2.45) is 5.92 Å². The maximum atomic E-state index is 4.35. The maximum Gasteiger partial charge on any atom is 0.157 e. The van der Waals surface area contributed by atoms with E-state index in [9.17, 15) is 0 Å². The van der Waals surface area contributed by atoms with Gasteiger partial charge in [0.2, 0.25) is 0 Å². The minimum Gasteiger partial charge on any atom is -0.356 e. The minimum atomic E-state index is 0.720. The van der Waals surface area contributed by atoms with Gasteiger partial charge < -0.3 is 10.2 Å². The Kier molecular flexibility index (Phi) is 3.38. The molecule has 2 aromatic rings. The Morgan fingerprint density at radius 1 is 1.42 bits per heavy atom. The lowest BCUT2D eigenvalue weighted by Gasteiger charge is -2.34. The lowest BCUT2D eigenvalue weighted by molar-refractivity contribution is 0.400. The van der Waals surface area contributed by atoms with Gasteiger partial charge in [-0.25, -0.2) is 4.98 Å². The van der Waals surface area contributed by atoms with Gasteiger partial charge in [0, 0.05) is 13.1 Å². The largest absolute Gasteiger partial charge is 0.356 e. The number of anilines is 1. The number of nitrogens with zero attached hydrogens (tertiary/aromatic N) is 4. The van der Waals surface area contributed by atoms with Crippen LogP contribution in [0.5, 0.6) is 0 Å². The number of hydrogen-bond donors (Lipinski definition) is 1. The van der Waals surface area contributed by atoms with Crippen LogP contribution in [0.15, 0.2) is 18.5 Å². The van der Waals surface area contributed by atoms with Crippen molar-refractivity contribution in [2.45, 2.75) is 19.8 Å². The summed E-state index contributed by atoms with van der Waals surface area (Å²) in [5.41, 5.74) is 2.18. The molecule has 0 radical (unpaired) electrons. The molecule has 2 aromatic heterocycles. The molecule has 1 unspecified atom stereocenters. The molecule has 1 fully saturated rings. The Labute approximate surface area is 113 Å². The van der Waals surface area contributed by atoms with Gasteiger partial charge in [0.1, 0.15) is 12.1 Å². The predicted molar refractivity (Wildman–Crippen MR) is 76.6 cm³/mol. The van der Waals surface area contributed by atoms with Crippen LogP contribution in [0.4, 0.5) is 5.82 Å². The molecule has 19 heavy (non-hydrogen) atoms. The van der Waals surface area contributed by atoms with Gasteiger partial charge in [0.25, 0.3) is 0 Å². The van der Waals surface area contributed by atoms with Gasteiger partial charge in [-0.1, -0.05) is 0 Å². The number of pyridine rings is 1. The summed E-state index contributed by atoms with van der Waals surface area (Å²) >= 11 is 0. The van der Waals surface area contributed by atoms with Crippen LogP contribution in [0.25, 0.3) is 5.65 Å². The van der Waals surface area contributed by atoms with E-state index in [1.54, 1.807) is 6.33 Å². The molecule has 0 aromatic carbocycles. The maximum absolute atomic E-state index is 4.35. The first-order valence-corrected chi connectivity index (χ1v) is 6.98. The first kappa shape index (κ1) is 12.4. The number of hydrogen-bond acceptors (Lipinski definition) is 4. The molecule has 5 nitrogen and oxygen atoms in total. The third kappa shape index (κ3) is 2.42. The number of nitrogens with one attached hydrogen (secondary N) is 1. The Bertz CT molecular complexity index is 560. The van der Waals surface area contributed by atoms with Crippen molar-refractivity contribution in [3.63, 3.8) is 0 Å². The minimum absolute atomic E-state index is 0.720. The topological polar surface area (TPSA) is 45.5 Å². The lowest BCUT2D eigenvalue weighted by atomic mass is 9.98. The predicted octanol–water partition coefficient (Wildman–Crippen LogP) is 1.47. The summed E-state index contributed by atoms with van der Waals surface area (Å²) in [5, 5.41) is 7.65. The average molecular weight is 259 g/mol. The van der Waals surface area contributed by atoms with Crippen molar-refractivity contribution in [2.75, 3.05) is 31.6 Å². The van der Waals surface area contributed by atoms with Gasteiger partial charge >= 0.3 is 0 Å². The lowest BCUT2D eigenvalue weighted by Crippen LogP contribution is -2.40. The molecule has 102 valence electrons. The van der Waals surface area contributed by atoms with Crippen LogP contribution in [0.3, 0.4) is 0 Å². The van der Waals surface area contributed by atoms with E-state index in [1.165, 1.54) is 24.2 Å². The van der Waals surface area contributed by atoms with Crippen LogP contribution < -0.4 is 10.2 Å². The smallest absolute Gasteiger partial charge is 0.157 e. The molecule has 3 heterocycles. The van der Waals surface area contributed by atoms with E-state index >= 15 is 0 Å².